The van der Waals surface area contributed by atoms with Crippen LogP contribution in [0.1, 0.15) is 32.3 Å². The quantitative estimate of drug-likeness (QED) is 0.412. The number of aliphatic carboxylic acids is 1. The van der Waals surface area contributed by atoms with Crippen LogP contribution in [-0.2, 0) is 30.3 Å². The molecule has 0 saturated carbocycles. The fourth-order valence-electron chi connectivity index (χ4n) is 3.20. The molecule has 9 heteroatoms. The van der Waals surface area contributed by atoms with Gasteiger partial charge < -0.3 is 25.2 Å². The minimum atomic E-state index is -2.48. The third-order valence-corrected chi connectivity index (χ3v) is 4.82. The van der Waals surface area contributed by atoms with Crippen molar-refractivity contribution in [3.8, 4) is 0 Å². The average molecular weight is 406 g/mol. The van der Waals surface area contributed by atoms with Crippen LogP contribution in [0, 0.1) is 0 Å². The lowest BCUT2D eigenvalue weighted by Crippen LogP contribution is -2.58. The van der Waals surface area contributed by atoms with Crippen LogP contribution in [0.5, 0.6) is 0 Å². The lowest BCUT2D eigenvalue weighted by Gasteiger charge is -2.29. The van der Waals surface area contributed by atoms with Gasteiger partial charge in [0, 0.05) is 13.0 Å². The highest BCUT2D eigenvalue weighted by Crippen LogP contribution is 2.20. The summed E-state index contributed by atoms with van der Waals surface area (Å²) in [7, 11) is 0. The second-order valence-electron chi connectivity index (χ2n) is 7.04. The van der Waals surface area contributed by atoms with Gasteiger partial charge in [0.25, 0.3) is 5.91 Å². The standard InChI is InChI=1S/C20H26N2O7/c1-3-29-19(27)20(2,28)18(26)21-14(12-13-8-5-4-6-9-13)16(23)22-11-7-10-15(22)17(24)25/h4-6,8-9,14-15,28H,3,7,10-12H2,1-2H3,(H,21,26)(H,24,25)/t14-,15-,20+/m0/s1. The van der Waals surface area contributed by atoms with Gasteiger partial charge in [-0.3, -0.25) is 9.59 Å². The van der Waals surface area contributed by atoms with E-state index in [0.29, 0.717) is 12.8 Å². The zero-order chi connectivity index (χ0) is 21.6. The molecule has 0 bridgehead atoms. The molecule has 1 aromatic carbocycles. The molecule has 1 heterocycles. The SMILES string of the molecule is CCOC(=O)[C@](C)(O)C(=O)N[C@@H](Cc1ccccc1)C(=O)N1CCC[C@H]1C(=O)O. The Morgan fingerprint density at radius 2 is 1.93 bits per heavy atom. The largest absolute Gasteiger partial charge is 0.480 e. The molecule has 3 N–H and O–H groups in total. The Labute approximate surface area is 168 Å². The van der Waals surface area contributed by atoms with Gasteiger partial charge >= 0.3 is 11.9 Å². The molecular formula is C20H26N2O7. The Kier molecular flexibility index (Phi) is 7.33. The normalized spacial score (nSPS) is 19.1. The predicted octanol–water partition coefficient (Wildman–Crippen LogP) is 0.104. The fourth-order valence-corrected chi connectivity index (χ4v) is 3.20. The van der Waals surface area contributed by atoms with E-state index < -0.39 is 41.4 Å². The minimum Gasteiger partial charge on any atom is -0.480 e. The maximum absolute atomic E-state index is 13.1. The second-order valence-corrected chi connectivity index (χ2v) is 7.04. The van der Waals surface area contributed by atoms with E-state index in [1.807, 2.05) is 0 Å². The first-order chi connectivity index (χ1) is 13.7. The minimum absolute atomic E-state index is 0.0251. The first kappa shape index (κ1) is 22.4. The number of likely N-dealkylation sites (tertiary alicyclic amines) is 1. The summed E-state index contributed by atoms with van der Waals surface area (Å²) in [6.45, 7) is 2.75. The van der Waals surface area contributed by atoms with E-state index in [4.69, 9.17) is 4.74 Å². The summed E-state index contributed by atoms with van der Waals surface area (Å²) in [4.78, 5) is 50.2. The molecule has 0 spiro atoms. The number of amides is 2. The Bertz CT molecular complexity index is 763. The summed E-state index contributed by atoms with van der Waals surface area (Å²) in [6, 6.07) is 6.73. The Balaban J connectivity index is 2.25. The van der Waals surface area contributed by atoms with Crippen molar-refractivity contribution >= 4 is 23.8 Å². The molecule has 3 atom stereocenters. The molecule has 158 valence electrons. The van der Waals surface area contributed by atoms with Gasteiger partial charge in [-0.2, -0.15) is 0 Å². The number of nitrogens with one attached hydrogen (secondary N) is 1. The van der Waals surface area contributed by atoms with E-state index >= 15 is 0 Å². The van der Waals surface area contributed by atoms with Gasteiger partial charge in [-0.1, -0.05) is 30.3 Å². The molecular weight excluding hydrogens is 380 g/mol. The Hall–Kier alpha value is -2.94. The number of rotatable bonds is 8. The van der Waals surface area contributed by atoms with Gasteiger partial charge in [-0.15, -0.1) is 0 Å². The molecule has 1 saturated heterocycles. The number of hydrogen-bond acceptors (Lipinski definition) is 6. The van der Waals surface area contributed by atoms with Crippen molar-refractivity contribution in [2.24, 2.45) is 0 Å². The van der Waals surface area contributed by atoms with E-state index in [2.05, 4.69) is 5.32 Å². The third-order valence-electron chi connectivity index (χ3n) is 4.82. The van der Waals surface area contributed by atoms with Crippen LogP contribution < -0.4 is 5.32 Å². The number of benzene rings is 1. The zero-order valence-electron chi connectivity index (χ0n) is 16.5. The molecule has 0 radical (unpaired) electrons. The molecule has 9 nitrogen and oxygen atoms in total. The number of carbonyl (C=O) groups is 4. The highest BCUT2D eigenvalue weighted by molar-refractivity contribution is 6.06. The molecule has 1 aromatic rings. The molecule has 0 aliphatic carbocycles. The van der Waals surface area contributed by atoms with E-state index in [0.717, 1.165) is 12.5 Å². The van der Waals surface area contributed by atoms with Gasteiger partial charge in [0.05, 0.1) is 6.61 Å². The molecule has 2 rings (SSSR count). The van der Waals surface area contributed by atoms with E-state index in [1.54, 1.807) is 30.3 Å². The monoisotopic (exact) mass is 406 g/mol. The summed E-state index contributed by atoms with van der Waals surface area (Å²) >= 11 is 0. The smallest absolute Gasteiger partial charge is 0.347 e. The van der Waals surface area contributed by atoms with Gasteiger partial charge in [-0.05, 0) is 32.3 Å². The highest BCUT2D eigenvalue weighted by Gasteiger charge is 2.44. The highest BCUT2D eigenvalue weighted by atomic mass is 16.5. The maximum atomic E-state index is 13.1. The first-order valence-corrected chi connectivity index (χ1v) is 9.46. The lowest BCUT2D eigenvalue weighted by molar-refractivity contribution is -0.170. The fraction of sp³-hybridized carbons (Fsp3) is 0.500. The molecule has 1 aliphatic heterocycles. The number of carboxylic acid groups (broad SMARTS) is 1. The van der Waals surface area contributed by atoms with E-state index in [1.165, 1.54) is 11.8 Å². The summed E-state index contributed by atoms with van der Waals surface area (Å²) in [5.74, 6) is -3.91. The van der Waals surface area contributed by atoms with Crippen LogP contribution in [0.2, 0.25) is 0 Å². The topological polar surface area (TPSA) is 133 Å². The number of carbonyl (C=O) groups excluding carboxylic acids is 3. The second kappa shape index (κ2) is 9.51. The molecule has 0 aromatic heterocycles. The van der Waals surface area contributed by atoms with Crippen LogP contribution in [0.4, 0.5) is 0 Å². The molecule has 2 amide bonds. The number of nitrogens with zero attached hydrogens (tertiary/aromatic N) is 1. The van der Waals surface area contributed by atoms with Crippen molar-refractivity contribution in [2.45, 2.75) is 50.8 Å². The van der Waals surface area contributed by atoms with Crippen LogP contribution in [0.25, 0.3) is 0 Å². The van der Waals surface area contributed by atoms with Crippen molar-refractivity contribution in [2.75, 3.05) is 13.2 Å². The third kappa shape index (κ3) is 5.32. The summed E-state index contributed by atoms with van der Waals surface area (Å²) < 4.78 is 4.71. The summed E-state index contributed by atoms with van der Waals surface area (Å²) in [5, 5.41) is 22.1. The van der Waals surface area contributed by atoms with E-state index in [-0.39, 0.29) is 19.6 Å². The average Bonchev–Trinajstić information content (AvgIpc) is 3.18. The van der Waals surface area contributed by atoms with Crippen LogP contribution in [-0.4, -0.2) is 69.7 Å². The van der Waals surface area contributed by atoms with Crippen molar-refractivity contribution in [1.82, 2.24) is 10.2 Å². The predicted molar refractivity (Wildman–Crippen MR) is 102 cm³/mol. The van der Waals surface area contributed by atoms with Crippen LogP contribution in [0.15, 0.2) is 30.3 Å². The zero-order valence-corrected chi connectivity index (χ0v) is 16.5. The van der Waals surface area contributed by atoms with Gasteiger partial charge in [0.15, 0.2) is 0 Å². The number of ether oxygens (including phenoxy) is 1. The lowest BCUT2D eigenvalue weighted by atomic mass is 10.0. The Morgan fingerprint density at radius 1 is 1.28 bits per heavy atom. The number of esters is 1. The number of carboxylic acids is 1. The van der Waals surface area contributed by atoms with Gasteiger partial charge in [0.1, 0.15) is 12.1 Å². The van der Waals surface area contributed by atoms with Crippen LogP contribution in [0.3, 0.4) is 0 Å². The molecule has 29 heavy (non-hydrogen) atoms. The van der Waals surface area contributed by atoms with Crippen molar-refractivity contribution < 1.29 is 34.1 Å². The van der Waals surface area contributed by atoms with Gasteiger partial charge in [-0.25, -0.2) is 9.59 Å². The molecule has 1 fully saturated rings. The molecule has 1 aliphatic rings. The van der Waals surface area contributed by atoms with E-state index in [9.17, 15) is 29.4 Å². The van der Waals surface area contributed by atoms with Crippen LogP contribution >= 0.6 is 0 Å². The first-order valence-electron chi connectivity index (χ1n) is 9.46. The Morgan fingerprint density at radius 3 is 2.52 bits per heavy atom. The molecule has 0 unspecified atom stereocenters. The van der Waals surface area contributed by atoms with Gasteiger partial charge in [0.2, 0.25) is 11.5 Å². The van der Waals surface area contributed by atoms with Crippen molar-refractivity contribution in [3.05, 3.63) is 35.9 Å². The van der Waals surface area contributed by atoms with Crippen molar-refractivity contribution in [1.29, 1.82) is 0 Å². The summed E-state index contributed by atoms with van der Waals surface area (Å²) in [5.41, 5.74) is -1.75. The maximum Gasteiger partial charge on any atom is 0.347 e. The van der Waals surface area contributed by atoms with Crippen molar-refractivity contribution in [3.63, 3.8) is 0 Å². The summed E-state index contributed by atoms with van der Waals surface area (Å²) in [6.07, 6.45) is 0.941. The number of aliphatic hydroxyl groups is 1. The number of hydrogen-bond donors (Lipinski definition) is 3.